The Balaban J connectivity index is 1.45. The molecule has 3 heterocycles. The molecule has 0 saturated carbocycles. The molecule has 2 saturated heterocycles. The van der Waals surface area contributed by atoms with Gasteiger partial charge in [-0.2, -0.15) is 0 Å². The largest absolute Gasteiger partial charge is 0.507 e. The number of aliphatic hydroxyl groups excluding tert-OH is 9. The van der Waals surface area contributed by atoms with Crippen molar-refractivity contribution < 1.29 is 79.5 Å². The maximum absolute atomic E-state index is 13.5. The van der Waals surface area contributed by atoms with Gasteiger partial charge < -0.3 is 74.7 Å². The smallest absolute Gasteiger partial charge is 0.229 e. The molecule has 3 aliphatic heterocycles. The molecule has 0 radical (unpaired) electrons. The lowest BCUT2D eigenvalue weighted by Crippen LogP contribution is -2.60. The maximum atomic E-state index is 13.5. The van der Waals surface area contributed by atoms with Crippen LogP contribution in [0.5, 0.6) is 23.0 Å². The number of aromatic hydroxyl groups is 1. The first-order chi connectivity index (χ1) is 22.8. The van der Waals surface area contributed by atoms with Crippen LogP contribution in [-0.4, -0.2) is 138 Å². The molecule has 0 aromatic heterocycles. The van der Waals surface area contributed by atoms with Crippen molar-refractivity contribution >= 4 is 5.78 Å². The molecule has 0 aliphatic carbocycles. The summed E-state index contributed by atoms with van der Waals surface area (Å²) in [6.07, 6.45) is -16.7. The fourth-order valence-corrected chi connectivity index (χ4v) is 5.69. The van der Waals surface area contributed by atoms with Gasteiger partial charge in [0.05, 0.1) is 13.2 Å². The Kier molecular flexibility index (Phi) is 10.9. The molecule has 5 rings (SSSR count). The molecule has 10 N–H and O–H groups in total. The standard InChI is InChI=1S/C32H40O16/c1-12(2)3-8-15-17(45-32-28(43)25(40)22(37)19(11-34)47-32)9-16(35)20-23(38)26(41)29(48-30(15)20)13-4-6-14(7-5-13)44-31-27(42)24(39)21(36)18(10-33)46-31/h3-7,9,18-19,21-22,24-29,31-37,39-43H,8,10-11H2,1-2H3. The number of rotatable bonds is 9. The summed E-state index contributed by atoms with van der Waals surface area (Å²) in [5.41, 5.74) is 1.05. The summed E-state index contributed by atoms with van der Waals surface area (Å²) < 4.78 is 28.5. The van der Waals surface area contributed by atoms with Crippen molar-refractivity contribution in [3.05, 3.63) is 58.7 Å². The van der Waals surface area contributed by atoms with Crippen molar-refractivity contribution in [2.75, 3.05) is 13.2 Å². The SMILES string of the molecule is CC(C)=CCc1c(OC2OC(CO)C(O)C(O)C2O)cc(O)c2c1OC(c1ccc(OC3OC(CO)C(O)C(O)C3O)cc1)C(O)C2=O. The number of aliphatic hydroxyl groups is 9. The van der Waals surface area contributed by atoms with E-state index in [1.54, 1.807) is 6.08 Å². The molecule has 48 heavy (non-hydrogen) atoms. The second-order valence-corrected chi connectivity index (χ2v) is 12.1. The topological polar surface area (TPSA) is 266 Å². The van der Waals surface area contributed by atoms with Gasteiger partial charge in [0.25, 0.3) is 0 Å². The molecule has 2 aromatic carbocycles. The van der Waals surface area contributed by atoms with E-state index >= 15 is 0 Å². The number of ketones is 1. The summed E-state index contributed by atoms with van der Waals surface area (Å²) >= 11 is 0. The van der Waals surface area contributed by atoms with Crippen molar-refractivity contribution in [2.45, 2.75) is 93.9 Å². The van der Waals surface area contributed by atoms with Gasteiger partial charge in [0.15, 0.2) is 12.2 Å². The van der Waals surface area contributed by atoms with E-state index in [0.29, 0.717) is 0 Å². The van der Waals surface area contributed by atoms with Gasteiger partial charge in [0, 0.05) is 11.6 Å². The average molecular weight is 681 g/mol. The van der Waals surface area contributed by atoms with Crippen molar-refractivity contribution in [2.24, 2.45) is 0 Å². The third-order valence-electron chi connectivity index (χ3n) is 8.48. The van der Waals surface area contributed by atoms with E-state index in [-0.39, 0.29) is 40.4 Å². The van der Waals surface area contributed by atoms with Crippen LogP contribution in [-0.2, 0) is 15.9 Å². The molecular weight excluding hydrogens is 640 g/mol. The molecule has 12 unspecified atom stereocenters. The highest BCUT2D eigenvalue weighted by Gasteiger charge is 2.47. The number of phenols is 1. The average Bonchev–Trinajstić information content (AvgIpc) is 3.06. The van der Waals surface area contributed by atoms with Gasteiger partial charge in [-0.3, -0.25) is 4.79 Å². The zero-order chi connectivity index (χ0) is 35.0. The van der Waals surface area contributed by atoms with Crippen LogP contribution in [0.3, 0.4) is 0 Å². The zero-order valence-electron chi connectivity index (χ0n) is 25.9. The van der Waals surface area contributed by atoms with Crippen molar-refractivity contribution in [3.8, 4) is 23.0 Å². The lowest BCUT2D eigenvalue weighted by atomic mass is 9.90. The predicted molar refractivity (Wildman–Crippen MR) is 160 cm³/mol. The Morgan fingerprint density at radius 2 is 1.33 bits per heavy atom. The second kappa shape index (κ2) is 14.6. The highest BCUT2D eigenvalue weighted by molar-refractivity contribution is 6.06. The number of fused-ring (bicyclic) bond motifs is 1. The van der Waals surface area contributed by atoms with Gasteiger partial charge >= 0.3 is 0 Å². The van der Waals surface area contributed by atoms with Crippen molar-refractivity contribution in [1.82, 2.24) is 0 Å². The van der Waals surface area contributed by atoms with E-state index in [2.05, 4.69) is 0 Å². The van der Waals surface area contributed by atoms with Crippen LogP contribution < -0.4 is 14.2 Å². The van der Waals surface area contributed by atoms with E-state index in [1.807, 2.05) is 13.8 Å². The lowest BCUT2D eigenvalue weighted by molar-refractivity contribution is -0.277. The highest BCUT2D eigenvalue weighted by atomic mass is 16.7. The first kappa shape index (κ1) is 35.9. The third kappa shape index (κ3) is 6.87. The minimum Gasteiger partial charge on any atom is -0.507 e. The Bertz CT molecular complexity index is 1470. The number of ether oxygens (including phenoxy) is 5. The van der Waals surface area contributed by atoms with E-state index in [0.717, 1.165) is 11.6 Å². The fourth-order valence-electron chi connectivity index (χ4n) is 5.69. The third-order valence-corrected chi connectivity index (χ3v) is 8.48. The lowest BCUT2D eigenvalue weighted by Gasteiger charge is -2.40. The maximum Gasteiger partial charge on any atom is 0.229 e. The quantitative estimate of drug-likeness (QED) is 0.128. The summed E-state index contributed by atoms with van der Waals surface area (Å²) in [7, 11) is 0. The van der Waals surface area contributed by atoms with Crippen LogP contribution in [0.2, 0.25) is 0 Å². The molecule has 16 heteroatoms. The number of Topliss-reactive ketones (excluding diaryl/α,β-unsaturated/α-hetero) is 1. The van der Waals surface area contributed by atoms with Crippen LogP contribution in [0.15, 0.2) is 42.0 Å². The number of carbonyl (C=O) groups excluding carboxylic acids is 1. The van der Waals surface area contributed by atoms with E-state index in [4.69, 9.17) is 23.7 Å². The Labute approximate surface area is 274 Å². The fraction of sp³-hybridized carbons (Fsp3) is 0.531. The number of hydrogen-bond donors (Lipinski definition) is 10. The van der Waals surface area contributed by atoms with E-state index in [9.17, 15) is 55.9 Å². The molecular formula is C32H40O16. The molecule has 0 spiro atoms. The molecule has 0 bridgehead atoms. The normalized spacial score (nSPS) is 34.9. The van der Waals surface area contributed by atoms with Gasteiger partial charge in [0.2, 0.25) is 18.4 Å². The van der Waals surface area contributed by atoms with Gasteiger partial charge in [-0.15, -0.1) is 0 Å². The predicted octanol–water partition coefficient (Wildman–Crippen LogP) is -2.06. The second-order valence-electron chi connectivity index (χ2n) is 12.1. The first-order valence-corrected chi connectivity index (χ1v) is 15.2. The summed E-state index contributed by atoms with van der Waals surface area (Å²) in [4.78, 5) is 13.5. The monoisotopic (exact) mass is 680 g/mol. The van der Waals surface area contributed by atoms with Crippen LogP contribution >= 0.6 is 0 Å². The van der Waals surface area contributed by atoms with Crippen LogP contribution in [0, 0.1) is 0 Å². The van der Waals surface area contributed by atoms with Crippen LogP contribution in [0.25, 0.3) is 0 Å². The Hall–Kier alpha value is -3.39. The van der Waals surface area contributed by atoms with E-state index in [1.165, 1.54) is 24.3 Å². The van der Waals surface area contributed by atoms with Crippen molar-refractivity contribution in [1.29, 1.82) is 0 Å². The molecule has 3 aliphatic rings. The van der Waals surface area contributed by atoms with Crippen molar-refractivity contribution in [3.63, 3.8) is 0 Å². The van der Waals surface area contributed by atoms with Gasteiger partial charge in [-0.1, -0.05) is 23.8 Å². The Morgan fingerprint density at radius 1 is 0.792 bits per heavy atom. The molecule has 12 atom stereocenters. The number of phenolic OH excluding ortho intramolecular Hbond substituents is 1. The van der Waals surface area contributed by atoms with Crippen LogP contribution in [0.1, 0.15) is 41.4 Å². The molecule has 2 fully saturated rings. The number of benzene rings is 2. The number of allylic oxidation sites excluding steroid dienone is 2. The van der Waals surface area contributed by atoms with Gasteiger partial charge in [-0.05, 0) is 38.0 Å². The summed E-state index contributed by atoms with van der Waals surface area (Å²) in [6, 6.07) is 6.80. The zero-order valence-corrected chi connectivity index (χ0v) is 25.9. The number of hydrogen-bond acceptors (Lipinski definition) is 16. The Morgan fingerprint density at radius 3 is 1.85 bits per heavy atom. The molecule has 0 amide bonds. The minimum atomic E-state index is -1.77. The van der Waals surface area contributed by atoms with E-state index < -0.39 is 98.4 Å². The summed E-state index contributed by atoms with van der Waals surface area (Å²) in [5, 5.41) is 102. The van der Waals surface area contributed by atoms with Gasteiger partial charge in [0.1, 0.15) is 77.4 Å². The van der Waals surface area contributed by atoms with Gasteiger partial charge in [-0.25, -0.2) is 0 Å². The number of carbonyl (C=O) groups is 1. The van der Waals surface area contributed by atoms with Crippen LogP contribution in [0.4, 0.5) is 0 Å². The highest BCUT2D eigenvalue weighted by Crippen LogP contribution is 2.47. The summed E-state index contributed by atoms with van der Waals surface area (Å²) in [6.45, 7) is 2.29. The molecule has 2 aromatic rings. The molecule has 16 nitrogen and oxygen atoms in total. The summed E-state index contributed by atoms with van der Waals surface area (Å²) in [5.74, 6) is -1.60. The minimum absolute atomic E-state index is 0.0830. The first-order valence-electron chi connectivity index (χ1n) is 15.2. The molecule has 264 valence electrons.